The van der Waals surface area contributed by atoms with Gasteiger partial charge in [0.1, 0.15) is 0 Å². The molecule has 0 aliphatic carbocycles. The summed E-state index contributed by atoms with van der Waals surface area (Å²) in [5.74, 6) is 0. The summed E-state index contributed by atoms with van der Waals surface area (Å²) in [5.41, 5.74) is 1.97. The first-order chi connectivity index (χ1) is 9.56. The molecule has 0 aliphatic rings. The lowest BCUT2D eigenvalue weighted by atomic mass is 10.2. The molecule has 0 radical (unpaired) electrons. The van der Waals surface area contributed by atoms with Crippen LogP contribution in [0.2, 0.25) is 20.1 Å². The lowest BCUT2D eigenvalue weighted by Gasteiger charge is -1.97. The average Bonchev–Trinajstić information content (AvgIpc) is 2.42. The molecule has 2 aromatic carbocycles. The summed E-state index contributed by atoms with van der Waals surface area (Å²) in [6, 6.07) is 11.0. The second-order valence-electron chi connectivity index (χ2n) is 4.07. The zero-order valence-electron chi connectivity index (χ0n) is 10.3. The second kappa shape index (κ2) is 7.19. The van der Waals surface area contributed by atoms with Crippen LogP contribution < -0.4 is 0 Å². The van der Waals surface area contributed by atoms with Crippen molar-refractivity contribution in [2.75, 3.05) is 0 Å². The van der Waals surface area contributed by atoms with Gasteiger partial charge in [-0.3, -0.25) is 0 Å². The molecule has 0 atom stereocenters. The molecular weight excluding hydrogens is 334 g/mol. The summed E-state index contributed by atoms with van der Waals surface area (Å²) in [6.45, 7) is 0. The molecule has 4 heteroatoms. The third kappa shape index (κ3) is 4.29. The molecule has 0 bridgehead atoms. The maximum atomic E-state index is 5.94. The van der Waals surface area contributed by atoms with E-state index in [-0.39, 0.29) is 0 Å². The summed E-state index contributed by atoms with van der Waals surface area (Å²) in [7, 11) is 0. The molecule has 102 valence electrons. The van der Waals surface area contributed by atoms with E-state index < -0.39 is 0 Å². The third-order valence-corrected chi connectivity index (χ3v) is 4.05. The van der Waals surface area contributed by atoms with E-state index in [9.17, 15) is 0 Å². The van der Waals surface area contributed by atoms with E-state index in [1.807, 2.05) is 48.6 Å². The Morgan fingerprint density at radius 2 is 0.950 bits per heavy atom. The van der Waals surface area contributed by atoms with Crippen molar-refractivity contribution in [3.05, 3.63) is 79.8 Å². The van der Waals surface area contributed by atoms with Crippen molar-refractivity contribution >= 4 is 58.6 Å². The molecular formula is C16H10Cl4. The van der Waals surface area contributed by atoms with Gasteiger partial charge in [0, 0.05) is 0 Å². The molecule has 2 rings (SSSR count). The highest BCUT2D eigenvalue weighted by Crippen LogP contribution is 2.24. The van der Waals surface area contributed by atoms with E-state index in [1.54, 1.807) is 12.1 Å². The SMILES string of the molecule is Clc1ccc(/C=C/C=C/c2ccc(Cl)c(Cl)c2)cc1Cl. The van der Waals surface area contributed by atoms with Crippen molar-refractivity contribution in [2.45, 2.75) is 0 Å². The van der Waals surface area contributed by atoms with Crippen LogP contribution in [0.5, 0.6) is 0 Å². The molecule has 0 saturated carbocycles. The van der Waals surface area contributed by atoms with E-state index >= 15 is 0 Å². The fourth-order valence-electron chi connectivity index (χ4n) is 1.57. The normalized spacial score (nSPS) is 11.6. The van der Waals surface area contributed by atoms with Crippen LogP contribution in [-0.4, -0.2) is 0 Å². The molecule has 0 nitrogen and oxygen atoms in total. The van der Waals surface area contributed by atoms with Crippen LogP contribution in [0.3, 0.4) is 0 Å². The van der Waals surface area contributed by atoms with Crippen LogP contribution in [0.1, 0.15) is 11.1 Å². The first-order valence-corrected chi connectivity index (χ1v) is 7.32. The molecule has 0 amide bonds. The maximum Gasteiger partial charge on any atom is 0.0598 e. The average molecular weight is 344 g/mol. The predicted molar refractivity (Wildman–Crippen MR) is 91.0 cm³/mol. The van der Waals surface area contributed by atoms with Gasteiger partial charge in [-0.1, -0.05) is 82.8 Å². The Bertz CT molecular complexity index is 613. The zero-order chi connectivity index (χ0) is 14.5. The standard InChI is InChI=1S/C16H10Cl4/c17-13-7-5-11(9-15(13)19)3-1-2-4-12-6-8-14(18)16(20)10-12/h1-10H/b3-1+,4-2+. The maximum absolute atomic E-state index is 5.94. The lowest BCUT2D eigenvalue weighted by molar-refractivity contribution is 1.65. The Kier molecular flexibility index (Phi) is 5.56. The summed E-state index contributed by atoms with van der Waals surface area (Å²) < 4.78 is 0. The van der Waals surface area contributed by atoms with Gasteiger partial charge in [-0.25, -0.2) is 0 Å². The molecule has 0 aliphatic heterocycles. The van der Waals surface area contributed by atoms with Crippen LogP contribution in [0.15, 0.2) is 48.6 Å². The molecule has 0 aromatic heterocycles. The molecule has 0 heterocycles. The first-order valence-electron chi connectivity index (χ1n) is 5.81. The fourth-order valence-corrected chi connectivity index (χ4v) is 2.18. The number of hydrogen-bond donors (Lipinski definition) is 0. The van der Waals surface area contributed by atoms with Gasteiger partial charge < -0.3 is 0 Å². The van der Waals surface area contributed by atoms with Crippen molar-refractivity contribution in [3.63, 3.8) is 0 Å². The summed E-state index contributed by atoms with van der Waals surface area (Å²) in [4.78, 5) is 0. The van der Waals surface area contributed by atoms with Gasteiger partial charge in [0.2, 0.25) is 0 Å². The Labute approximate surface area is 138 Å². The number of benzene rings is 2. The Balaban J connectivity index is 2.06. The predicted octanol–water partition coefficient (Wildman–Crippen LogP) is 7.03. The second-order valence-corrected chi connectivity index (χ2v) is 5.69. The minimum Gasteiger partial charge on any atom is -0.0827 e. The van der Waals surface area contributed by atoms with Crippen molar-refractivity contribution in [1.29, 1.82) is 0 Å². The number of allylic oxidation sites excluding steroid dienone is 2. The monoisotopic (exact) mass is 342 g/mol. The van der Waals surface area contributed by atoms with Gasteiger partial charge in [0.25, 0.3) is 0 Å². The molecule has 0 saturated heterocycles. The van der Waals surface area contributed by atoms with Gasteiger partial charge in [0.15, 0.2) is 0 Å². The van der Waals surface area contributed by atoms with E-state index in [4.69, 9.17) is 46.4 Å². The number of hydrogen-bond acceptors (Lipinski definition) is 0. The van der Waals surface area contributed by atoms with Crippen molar-refractivity contribution in [3.8, 4) is 0 Å². The Morgan fingerprint density at radius 1 is 0.550 bits per heavy atom. The van der Waals surface area contributed by atoms with Crippen LogP contribution in [0, 0.1) is 0 Å². The lowest BCUT2D eigenvalue weighted by Crippen LogP contribution is -1.74. The topological polar surface area (TPSA) is 0 Å². The van der Waals surface area contributed by atoms with Crippen molar-refractivity contribution in [2.24, 2.45) is 0 Å². The van der Waals surface area contributed by atoms with E-state index in [2.05, 4.69) is 0 Å². The molecule has 20 heavy (non-hydrogen) atoms. The molecule has 0 unspecified atom stereocenters. The Hall–Kier alpha value is -0.920. The first kappa shape index (κ1) is 15.5. The summed E-state index contributed by atoms with van der Waals surface area (Å²) in [6.07, 6.45) is 7.72. The van der Waals surface area contributed by atoms with Crippen molar-refractivity contribution < 1.29 is 0 Å². The van der Waals surface area contributed by atoms with Crippen LogP contribution in [0.25, 0.3) is 12.2 Å². The van der Waals surface area contributed by atoms with Crippen LogP contribution in [-0.2, 0) is 0 Å². The molecule has 0 fully saturated rings. The highest BCUT2D eigenvalue weighted by Gasteiger charge is 1.97. The minimum atomic E-state index is 0.544. The number of halogens is 4. The van der Waals surface area contributed by atoms with Gasteiger partial charge in [-0.05, 0) is 35.4 Å². The Morgan fingerprint density at radius 3 is 1.30 bits per heavy atom. The third-order valence-electron chi connectivity index (χ3n) is 2.58. The molecule has 0 N–H and O–H groups in total. The molecule has 0 spiro atoms. The smallest absolute Gasteiger partial charge is 0.0598 e. The van der Waals surface area contributed by atoms with Crippen molar-refractivity contribution in [1.82, 2.24) is 0 Å². The van der Waals surface area contributed by atoms with Gasteiger partial charge in [0.05, 0.1) is 20.1 Å². The summed E-state index contributed by atoms with van der Waals surface area (Å²) >= 11 is 23.6. The quantitative estimate of drug-likeness (QED) is 0.525. The van der Waals surface area contributed by atoms with E-state index in [0.29, 0.717) is 20.1 Å². The van der Waals surface area contributed by atoms with E-state index in [0.717, 1.165) is 11.1 Å². The zero-order valence-corrected chi connectivity index (χ0v) is 13.3. The summed E-state index contributed by atoms with van der Waals surface area (Å²) in [5, 5.41) is 2.19. The van der Waals surface area contributed by atoms with Crippen LogP contribution in [0.4, 0.5) is 0 Å². The number of rotatable bonds is 3. The van der Waals surface area contributed by atoms with Gasteiger partial charge >= 0.3 is 0 Å². The minimum absolute atomic E-state index is 0.544. The van der Waals surface area contributed by atoms with Crippen LogP contribution >= 0.6 is 46.4 Å². The largest absolute Gasteiger partial charge is 0.0827 e. The fraction of sp³-hybridized carbons (Fsp3) is 0. The van der Waals surface area contributed by atoms with Gasteiger partial charge in [-0.2, -0.15) is 0 Å². The highest BCUT2D eigenvalue weighted by atomic mass is 35.5. The highest BCUT2D eigenvalue weighted by molar-refractivity contribution is 6.42. The molecule has 2 aromatic rings. The van der Waals surface area contributed by atoms with E-state index in [1.165, 1.54) is 0 Å². The van der Waals surface area contributed by atoms with Gasteiger partial charge in [-0.15, -0.1) is 0 Å².